The largest absolute Gasteiger partial charge is 0.357 e. The fraction of sp³-hybridized carbons (Fsp3) is 0.143. The van der Waals surface area contributed by atoms with Crippen LogP contribution in [-0.2, 0) is 6.42 Å². The van der Waals surface area contributed by atoms with Crippen LogP contribution in [-0.4, -0.2) is 23.7 Å². The smallest absolute Gasteiger partial charge is 0.267 e. The number of aldehydes is 1. The summed E-state index contributed by atoms with van der Waals surface area (Å²) in [5.41, 5.74) is 2.06. The molecule has 4 nitrogen and oxygen atoms in total. The molecule has 0 bridgehead atoms. The minimum absolute atomic E-state index is 0.195. The van der Waals surface area contributed by atoms with E-state index in [1.807, 2.05) is 30.3 Å². The van der Waals surface area contributed by atoms with Crippen molar-refractivity contribution in [2.45, 2.75) is 6.42 Å². The highest BCUT2D eigenvalue weighted by atomic mass is 16.1. The molecule has 0 spiro atoms. The first-order valence-electron chi connectivity index (χ1n) is 5.75. The third-order valence-electron chi connectivity index (χ3n) is 2.63. The second-order valence-corrected chi connectivity index (χ2v) is 3.96. The van der Waals surface area contributed by atoms with Gasteiger partial charge in [-0.15, -0.1) is 0 Å². The maximum Gasteiger partial charge on any atom is 0.267 e. The number of hydrogen-bond donors (Lipinski definition) is 2. The zero-order valence-electron chi connectivity index (χ0n) is 9.85. The fourth-order valence-electron chi connectivity index (χ4n) is 1.67. The first-order chi connectivity index (χ1) is 8.79. The van der Waals surface area contributed by atoms with Crippen molar-refractivity contribution >= 4 is 12.2 Å². The molecule has 0 saturated heterocycles. The van der Waals surface area contributed by atoms with Crippen molar-refractivity contribution in [2.24, 2.45) is 0 Å². The normalized spacial score (nSPS) is 10.0. The first kappa shape index (κ1) is 12.1. The zero-order chi connectivity index (χ0) is 12.8. The Morgan fingerprint density at radius 2 is 2.06 bits per heavy atom. The van der Waals surface area contributed by atoms with Crippen molar-refractivity contribution in [3.05, 3.63) is 59.4 Å². The number of benzene rings is 1. The lowest BCUT2D eigenvalue weighted by Crippen LogP contribution is -2.25. The summed E-state index contributed by atoms with van der Waals surface area (Å²) in [6.45, 7) is 0.568. The van der Waals surface area contributed by atoms with Gasteiger partial charge in [0.05, 0.1) is 0 Å². The quantitative estimate of drug-likeness (QED) is 0.785. The van der Waals surface area contributed by atoms with Crippen LogP contribution in [0, 0.1) is 0 Å². The monoisotopic (exact) mass is 242 g/mol. The number of rotatable bonds is 5. The Hall–Kier alpha value is -2.36. The molecule has 0 fully saturated rings. The molecule has 0 saturated carbocycles. The molecular weight excluding hydrogens is 228 g/mol. The fourth-order valence-corrected chi connectivity index (χ4v) is 1.67. The van der Waals surface area contributed by atoms with E-state index in [4.69, 9.17) is 0 Å². The average Bonchev–Trinajstić information content (AvgIpc) is 2.89. The number of carbonyl (C=O) groups excluding carboxylic acids is 2. The lowest BCUT2D eigenvalue weighted by Gasteiger charge is -2.03. The topological polar surface area (TPSA) is 62.0 Å². The van der Waals surface area contributed by atoms with E-state index in [0.717, 1.165) is 6.42 Å². The lowest BCUT2D eigenvalue weighted by atomic mass is 10.1. The highest BCUT2D eigenvalue weighted by molar-refractivity contribution is 5.94. The molecule has 1 aromatic carbocycles. The van der Waals surface area contributed by atoms with Gasteiger partial charge in [0.2, 0.25) is 0 Å². The summed E-state index contributed by atoms with van der Waals surface area (Å²) in [6.07, 6.45) is 3.00. The van der Waals surface area contributed by atoms with Crippen molar-refractivity contribution in [2.75, 3.05) is 6.54 Å². The van der Waals surface area contributed by atoms with Crippen molar-refractivity contribution in [1.29, 1.82) is 0 Å². The van der Waals surface area contributed by atoms with Gasteiger partial charge in [0.15, 0.2) is 6.29 Å². The molecule has 0 unspecified atom stereocenters. The Kier molecular flexibility index (Phi) is 3.91. The van der Waals surface area contributed by atoms with E-state index in [9.17, 15) is 9.59 Å². The molecule has 2 rings (SSSR count). The van der Waals surface area contributed by atoms with E-state index in [-0.39, 0.29) is 5.91 Å². The van der Waals surface area contributed by atoms with Crippen molar-refractivity contribution in [3.63, 3.8) is 0 Å². The first-order valence-corrected chi connectivity index (χ1v) is 5.75. The Balaban J connectivity index is 1.83. The molecule has 1 heterocycles. The Bertz CT molecular complexity index is 532. The maximum atomic E-state index is 11.7. The van der Waals surface area contributed by atoms with Crippen LogP contribution in [0.3, 0.4) is 0 Å². The van der Waals surface area contributed by atoms with Crippen LogP contribution in [0.1, 0.15) is 26.4 Å². The minimum Gasteiger partial charge on any atom is -0.357 e. The van der Waals surface area contributed by atoms with E-state index in [1.54, 1.807) is 0 Å². The number of H-pyrrole nitrogens is 1. The minimum atomic E-state index is -0.195. The molecule has 0 atom stereocenters. The van der Waals surface area contributed by atoms with Crippen LogP contribution in [0.25, 0.3) is 0 Å². The number of aromatic nitrogens is 1. The molecule has 0 radical (unpaired) electrons. The van der Waals surface area contributed by atoms with Crippen molar-refractivity contribution < 1.29 is 9.59 Å². The molecule has 2 aromatic rings. The molecule has 92 valence electrons. The van der Waals surface area contributed by atoms with Gasteiger partial charge in [-0.2, -0.15) is 0 Å². The highest BCUT2D eigenvalue weighted by Gasteiger charge is 2.07. The lowest BCUT2D eigenvalue weighted by molar-refractivity contribution is 0.0949. The molecule has 0 aliphatic rings. The van der Waals surface area contributed by atoms with Crippen LogP contribution < -0.4 is 5.32 Å². The molecule has 4 heteroatoms. The summed E-state index contributed by atoms with van der Waals surface area (Å²) < 4.78 is 0. The molecule has 2 N–H and O–H groups in total. The maximum absolute atomic E-state index is 11.7. The number of amides is 1. The average molecular weight is 242 g/mol. The van der Waals surface area contributed by atoms with Gasteiger partial charge in [-0.25, -0.2) is 0 Å². The van der Waals surface area contributed by atoms with Crippen LogP contribution >= 0.6 is 0 Å². The van der Waals surface area contributed by atoms with Gasteiger partial charge in [-0.3, -0.25) is 9.59 Å². The molecule has 0 aliphatic carbocycles. The summed E-state index contributed by atoms with van der Waals surface area (Å²) in [5, 5.41) is 2.80. The van der Waals surface area contributed by atoms with E-state index < -0.39 is 0 Å². The summed E-state index contributed by atoms with van der Waals surface area (Å²) >= 11 is 0. The van der Waals surface area contributed by atoms with Gasteiger partial charge in [0.25, 0.3) is 5.91 Å². The summed E-state index contributed by atoms with van der Waals surface area (Å²) in [4.78, 5) is 25.0. The zero-order valence-corrected chi connectivity index (χ0v) is 9.85. The standard InChI is InChI=1S/C14H14N2O2/c17-10-12-8-13(16-9-12)14(18)15-7-6-11-4-2-1-3-5-11/h1-5,8-10,16H,6-7H2,(H,15,18). The van der Waals surface area contributed by atoms with Crippen LogP contribution in [0.4, 0.5) is 0 Å². The predicted octanol–water partition coefficient (Wildman–Crippen LogP) is 1.80. The predicted molar refractivity (Wildman–Crippen MR) is 68.7 cm³/mol. The van der Waals surface area contributed by atoms with Gasteiger partial charge in [0, 0.05) is 18.3 Å². The number of nitrogens with one attached hydrogen (secondary N) is 2. The van der Waals surface area contributed by atoms with Gasteiger partial charge in [-0.05, 0) is 18.1 Å². The van der Waals surface area contributed by atoms with Crippen LogP contribution in [0.5, 0.6) is 0 Å². The second-order valence-electron chi connectivity index (χ2n) is 3.96. The SMILES string of the molecule is O=Cc1c[nH]c(C(=O)NCCc2ccccc2)c1. The number of hydrogen-bond acceptors (Lipinski definition) is 2. The summed E-state index contributed by atoms with van der Waals surface area (Å²) in [7, 11) is 0. The van der Waals surface area contributed by atoms with Gasteiger partial charge in [-0.1, -0.05) is 30.3 Å². The van der Waals surface area contributed by atoms with Crippen molar-refractivity contribution in [1.82, 2.24) is 10.3 Å². The Morgan fingerprint density at radius 3 is 2.72 bits per heavy atom. The molecule has 1 aromatic heterocycles. The van der Waals surface area contributed by atoms with E-state index >= 15 is 0 Å². The van der Waals surface area contributed by atoms with Crippen LogP contribution in [0.2, 0.25) is 0 Å². The third-order valence-corrected chi connectivity index (χ3v) is 2.63. The molecule has 0 aliphatic heterocycles. The van der Waals surface area contributed by atoms with E-state index in [1.165, 1.54) is 17.8 Å². The van der Waals surface area contributed by atoms with E-state index in [0.29, 0.717) is 24.1 Å². The number of carbonyl (C=O) groups is 2. The third kappa shape index (κ3) is 3.07. The second kappa shape index (κ2) is 5.82. The van der Waals surface area contributed by atoms with Gasteiger partial charge in [0.1, 0.15) is 5.69 Å². The van der Waals surface area contributed by atoms with Crippen molar-refractivity contribution in [3.8, 4) is 0 Å². The number of aromatic amines is 1. The Labute approximate surface area is 105 Å². The van der Waals surface area contributed by atoms with Gasteiger partial charge < -0.3 is 10.3 Å². The van der Waals surface area contributed by atoms with Crippen LogP contribution in [0.15, 0.2) is 42.6 Å². The highest BCUT2D eigenvalue weighted by Crippen LogP contribution is 2.01. The Morgan fingerprint density at radius 1 is 1.28 bits per heavy atom. The molecule has 18 heavy (non-hydrogen) atoms. The molecule has 1 amide bonds. The summed E-state index contributed by atoms with van der Waals surface area (Å²) in [5.74, 6) is -0.195. The van der Waals surface area contributed by atoms with Gasteiger partial charge >= 0.3 is 0 Å². The van der Waals surface area contributed by atoms with E-state index in [2.05, 4.69) is 10.3 Å². The summed E-state index contributed by atoms with van der Waals surface area (Å²) in [6, 6.07) is 11.5. The molecular formula is C14H14N2O2.